The molecule has 30 heavy (non-hydrogen) atoms. The zero-order valence-corrected chi connectivity index (χ0v) is 17.1. The van der Waals surface area contributed by atoms with Crippen LogP contribution in [0.15, 0.2) is 73.4 Å². The lowest BCUT2D eigenvalue weighted by molar-refractivity contribution is 0.317. The van der Waals surface area contributed by atoms with Gasteiger partial charge in [-0.3, -0.25) is 4.68 Å². The van der Waals surface area contributed by atoms with E-state index in [0.717, 1.165) is 13.1 Å². The summed E-state index contributed by atoms with van der Waals surface area (Å²) in [4.78, 5) is 6.96. The Bertz CT molecular complexity index is 1180. The van der Waals surface area contributed by atoms with Gasteiger partial charge in [0.2, 0.25) is 0 Å². The fourth-order valence-electron chi connectivity index (χ4n) is 5.26. The molecule has 150 valence electrons. The van der Waals surface area contributed by atoms with Gasteiger partial charge in [0.25, 0.3) is 0 Å². The summed E-state index contributed by atoms with van der Waals surface area (Å²) in [5.41, 5.74) is 7.79. The molecule has 1 fully saturated rings. The number of hydrogen-bond donors (Lipinski definition) is 0. The smallest absolute Gasteiger partial charge is 0.0956 e. The Morgan fingerprint density at radius 2 is 1.70 bits per heavy atom. The third-order valence-corrected chi connectivity index (χ3v) is 6.78. The molecule has 0 aliphatic carbocycles. The Morgan fingerprint density at radius 1 is 0.900 bits per heavy atom. The van der Waals surface area contributed by atoms with Crippen molar-refractivity contribution in [1.29, 1.82) is 0 Å². The van der Waals surface area contributed by atoms with Gasteiger partial charge >= 0.3 is 0 Å². The van der Waals surface area contributed by atoms with E-state index in [2.05, 4.69) is 74.3 Å². The van der Waals surface area contributed by atoms with Gasteiger partial charge in [0.1, 0.15) is 0 Å². The van der Waals surface area contributed by atoms with Gasteiger partial charge in [-0.1, -0.05) is 36.4 Å². The first-order valence-electron chi connectivity index (χ1n) is 10.7. The Labute approximate surface area is 176 Å². The topological polar surface area (TPSA) is 38.9 Å². The summed E-state index contributed by atoms with van der Waals surface area (Å²) in [6, 6.07) is 18.2. The number of rotatable bonds is 3. The molecule has 6 rings (SSSR count). The standard InChI is InChI=1S/C25H25N5/c1-28-16-20(14-27-28)18-6-8-21(9-7-18)29-12-10-19(11-13-29)25-23-5-3-2-4-22(23)24-15-26-17-30(24)25/h2-9,14-17,19,25H,10-13H2,1H3. The van der Waals surface area contributed by atoms with Gasteiger partial charge in [-0.2, -0.15) is 5.10 Å². The zero-order valence-electron chi connectivity index (χ0n) is 17.1. The van der Waals surface area contributed by atoms with Crippen LogP contribution in [0.3, 0.4) is 0 Å². The van der Waals surface area contributed by atoms with Crippen molar-refractivity contribution in [2.75, 3.05) is 18.0 Å². The van der Waals surface area contributed by atoms with Crippen molar-refractivity contribution < 1.29 is 0 Å². The second kappa shape index (κ2) is 6.87. The molecule has 0 bridgehead atoms. The molecule has 2 aromatic heterocycles. The minimum absolute atomic E-state index is 0.425. The van der Waals surface area contributed by atoms with E-state index in [1.807, 2.05) is 30.5 Å². The van der Waals surface area contributed by atoms with Crippen molar-refractivity contribution in [2.24, 2.45) is 13.0 Å². The van der Waals surface area contributed by atoms with Crippen LogP contribution in [0.25, 0.3) is 22.4 Å². The number of nitrogens with zero attached hydrogens (tertiary/aromatic N) is 5. The van der Waals surface area contributed by atoms with Crippen LogP contribution < -0.4 is 4.90 Å². The third kappa shape index (κ3) is 2.76. The molecule has 5 nitrogen and oxygen atoms in total. The van der Waals surface area contributed by atoms with Gasteiger partial charge in [-0.15, -0.1) is 0 Å². The van der Waals surface area contributed by atoms with Crippen LogP contribution in [-0.2, 0) is 7.05 Å². The van der Waals surface area contributed by atoms with Crippen molar-refractivity contribution in [3.05, 3.63) is 79.0 Å². The molecule has 1 atom stereocenters. The van der Waals surface area contributed by atoms with Gasteiger partial charge in [0.05, 0.1) is 30.5 Å². The molecule has 0 saturated carbocycles. The lowest BCUT2D eigenvalue weighted by atomic mass is 9.85. The van der Waals surface area contributed by atoms with E-state index in [-0.39, 0.29) is 0 Å². The molecule has 5 heteroatoms. The maximum Gasteiger partial charge on any atom is 0.0956 e. The summed E-state index contributed by atoms with van der Waals surface area (Å²) in [5, 5.41) is 4.28. The van der Waals surface area contributed by atoms with Crippen molar-refractivity contribution in [2.45, 2.75) is 18.9 Å². The normalized spacial score (nSPS) is 18.4. The maximum absolute atomic E-state index is 4.43. The summed E-state index contributed by atoms with van der Waals surface area (Å²) in [6.07, 6.45) is 10.4. The largest absolute Gasteiger partial charge is 0.372 e. The van der Waals surface area contributed by atoms with Gasteiger partial charge < -0.3 is 9.47 Å². The molecule has 0 radical (unpaired) electrons. The monoisotopic (exact) mass is 395 g/mol. The quantitative estimate of drug-likeness (QED) is 0.502. The summed E-state index contributed by atoms with van der Waals surface area (Å²) in [5.74, 6) is 0.646. The van der Waals surface area contributed by atoms with E-state index < -0.39 is 0 Å². The second-order valence-corrected chi connectivity index (χ2v) is 8.49. The first-order chi connectivity index (χ1) is 14.8. The van der Waals surface area contributed by atoms with Crippen LogP contribution in [0.5, 0.6) is 0 Å². The van der Waals surface area contributed by atoms with E-state index in [0.29, 0.717) is 12.0 Å². The minimum Gasteiger partial charge on any atom is -0.372 e. The molecule has 2 aromatic carbocycles. The molecular formula is C25H25N5. The van der Waals surface area contributed by atoms with E-state index >= 15 is 0 Å². The molecule has 1 saturated heterocycles. The van der Waals surface area contributed by atoms with Crippen molar-refractivity contribution in [3.8, 4) is 22.4 Å². The van der Waals surface area contributed by atoms with Gasteiger partial charge in [0.15, 0.2) is 0 Å². The number of benzene rings is 2. The number of fused-ring (bicyclic) bond motifs is 3. The van der Waals surface area contributed by atoms with Crippen LogP contribution in [0.2, 0.25) is 0 Å². The molecule has 2 aliphatic heterocycles. The second-order valence-electron chi connectivity index (χ2n) is 8.49. The number of hydrogen-bond acceptors (Lipinski definition) is 3. The summed E-state index contributed by atoms with van der Waals surface area (Å²) >= 11 is 0. The highest BCUT2D eigenvalue weighted by molar-refractivity contribution is 5.69. The van der Waals surface area contributed by atoms with Crippen LogP contribution in [0.1, 0.15) is 24.4 Å². The van der Waals surface area contributed by atoms with E-state index in [4.69, 9.17) is 0 Å². The van der Waals surface area contributed by atoms with Crippen LogP contribution in [0.4, 0.5) is 5.69 Å². The molecule has 0 amide bonds. The molecule has 2 aliphatic rings. The predicted octanol–water partition coefficient (Wildman–Crippen LogP) is 4.77. The lowest BCUT2D eigenvalue weighted by Gasteiger charge is -2.37. The number of piperidine rings is 1. The van der Waals surface area contributed by atoms with Crippen molar-refractivity contribution in [1.82, 2.24) is 19.3 Å². The minimum atomic E-state index is 0.425. The van der Waals surface area contributed by atoms with Gasteiger partial charge in [-0.25, -0.2) is 4.98 Å². The van der Waals surface area contributed by atoms with Gasteiger partial charge in [0, 0.05) is 43.1 Å². The highest BCUT2D eigenvalue weighted by atomic mass is 15.2. The molecule has 1 unspecified atom stereocenters. The lowest BCUT2D eigenvalue weighted by Crippen LogP contribution is -2.36. The van der Waals surface area contributed by atoms with E-state index in [9.17, 15) is 0 Å². The number of anilines is 1. The molecule has 0 N–H and O–H groups in total. The average Bonchev–Trinajstić information content (AvgIpc) is 3.50. The molecule has 4 aromatic rings. The van der Waals surface area contributed by atoms with Crippen molar-refractivity contribution >= 4 is 5.69 Å². The summed E-state index contributed by atoms with van der Waals surface area (Å²) in [7, 11) is 1.96. The predicted molar refractivity (Wildman–Crippen MR) is 119 cm³/mol. The third-order valence-electron chi connectivity index (χ3n) is 6.78. The summed E-state index contributed by atoms with van der Waals surface area (Å²) in [6.45, 7) is 2.19. The van der Waals surface area contributed by atoms with Crippen LogP contribution in [-0.4, -0.2) is 32.4 Å². The Balaban J connectivity index is 1.19. The van der Waals surface area contributed by atoms with E-state index in [1.165, 1.54) is 46.5 Å². The Kier molecular flexibility index (Phi) is 4.01. The number of aromatic nitrogens is 4. The van der Waals surface area contributed by atoms with Crippen LogP contribution in [0, 0.1) is 5.92 Å². The Hall–Kier alpha value is -3.34. The van der Waals surface area contributed by atoms with Gasteiger partial charge in [-0.05, 0) is 42.0 Å². The Morgan fingerprint density at radius 3 is 2.47 bits per heavy atom. The first kappa shape index (κ1) is 17.5. The van der Waals surface area contributed by atoms with Crippen LogP contribution >= 0.6 is 0 Å². The SMILES string of the molecule is Cn1cc(-c2ccc(N3CCC(C4c5ccccc5-c5cncn54)CC3)cc2)cn1. The summed E-state index contributed by atoms with van der Waals surface area (Å²) < 4.78 is 4.24. The number of aryl methyl sites for hydroxylation is 1. The molecular weight excluding hydrogens is 370 g/mol. The number of imidazole rings is 1. The molecule has 0 spiro atoms. The highest BCUT2D eigenvalue weighted by Gasteiger charge is 2.35. The highest BCUT2D eigenvalue weighted by Crippen LogP contribution is 2.45. The molecule has 4 heterocycles. The fraction of sp³-hybridized carbons (Fsp3) is 0.280. The zero-order chi connectivity index (χ0) is 20.1. The fourth-order valence-corrected chi connectivity index (χ4v) is 5.26. The first-order valence-corrected chi connectivity index (χ1v) is 10.7. The van der Waals surface area contributed by atoms with E-state index in [1.54, 1.807) is 0 Å². The maximum atomic E-state index is 4.43. The average molecular weight is 396 g/mol. The van der Waals surface area contributed by atoms with Crippen molar-refractivity contribution in [3.63, 3.8) is 0 Å².